The van der Waals surface area contributed by atoms with E-state index in [9.17, 15) is 4.79 Å². The van der Waals surface area contributed by atoms with Crippen molar-refractivity contribution in [2.24, 2.45) is 0 Å². The Morgan fingerprint density at radius 2 is 1.23 bits per heavy atom. The molecule has 0 atom stereocenters. The molecule has 3 rings (SSSR count). The van der Waals surface area contributed by atoms with Crippen LogP contribution in [0.25, 0.3) is 0 Å². The lowest BCUT2D eigenvalue weighted by Gasteiger charge is -2.12. The van der Waals surface area contributed by atoms with Gasteiger partial charge in [0.2, 0.25) is 0 Å². The van der Waals surface area contributed by atoms with E-state index in [0.717, 1.165) is 11.1 Å². The molecule has 3 nitrogen and oxygen atoms in total. The summed E-state index contributed by atoms with van der Waals surface area (Å²) in [5.41, 5.74) is 2.60. The second-order valence-electron chi connectivity index (χ2n) is 5.81. The Hall–Kier alpha value is -3.33. The van der Waals surface area contributed by atoms with E-state index in [0.29, 0.717) is 30.3 Å². The highest BCUT2D eigenvalue weighted by molar-refractivity contribution is 6.04. The molecule has 0 saturated heterocycles. The van der Waals surface area contributed by atoms with E-state index in [1.54, 1.807) is 18.2 Å². The fourth-order valence-electron chi connectivity index (χ4n) is 2.48. The van der Waals surface area contributed by atoms with Crippen LogP contribution in [0.4, 0.5) is 0 Å². The summed E-state index contributed by atoms with van der Waals surface area (Å²) in [6.45, 7) is 4.39. The van der Waals surface area contributed by atoms with Crippen LogP contribution in [0, 0.1) is 0 Å². The monoisotopic (exact) mass is 344 g/mol. The van der Waals surface area contributed by atoms with Gasteiger partial charge in [0.05, 0.1) is 0 Å². The number of carbonyl (C=O) groups excluding carboxylic acids is 1. The van der Waals surface area contributed by atoms with Crippen molar-refractivity contribution in [1.82, 2.24) is 0 Å². The first-order valence-corrected chi connectivity index (χ1v) is 8.40. The second-order valence-corrected chi connectivity index (χ2v) is 5.81. The molecule has 0 bridgehead atoms. The van der Waals surface area contributed by atoms with E-state index in [-0.39, 0.29) is 5.78 Å². The van der Waals surface area contributed by atoms with E-state index in [2.05, 4.69) is 6.58 Å². The molecule has 0 N–H and O–H groups in total. The van der Waals surface area contributed by atoms with Gasteiger partial charge in [-0.1, -0.05) is 67.2 Å². The van der Waals surface area contributed by atoms with Gasteiger partial charge in [0.1, 0.15) is 24.7 Å². The summed E-state index contributed by atoms with van der Waals surface area (Å²) in [4.78, 5) is 12.0. The number of ketones is 1. The quantitative estimate of drug-likeness (QED) is 0.415. The van der Waals surface area contributed by atoms with Crippen LogP contribution in [0.3, 0.4) is 0 Å². The highest BCUT2D eigenvalue weighted by Crippen LogP contribution is 2.25. The number of carbonyl (C=O) groups is 1. The van der Waals surface area contributed by atoms with E-state index in [1.165, 1.54) is 6.08 Å². The zero-order valence-corrected chi connectivity index (χ0v) is 14.4. The van der Waals surface area contributed by atoms with Crippen molar-refractivity contribution in [2.75, 3.05) is 0 Å². The summed E-state index contributed by atoms with van der Waals surface area (Å²) in [5.74, 6) is 1.01. The van der Waals surface area contributed by atoms with E-state index in [1.807, 2.05) is 60.7 Å². The number of rotatable bonds is 8. The number of ether oxygens (including phenoxy) is 2. The van der Waals surface area contributed by atoms with Crippen LogP contribution in [-0.2, 0) is 13.2 Å². The minimum Gasteiger partial charge on any atom is -0.489 e. The van der Waals surface area contributed by atoms with Gasteiger partial charge in [-0.2, -0.15) is 0 Å². The molecule has 0 aliphatic rings. The summed E-state index contributed by atoms with van der Waals surface area (Å²) in [5, 5.41) is 0. The number of hydrogen-bond acceptors (Lipinski definition) is 3. The molecule has 0 fully saturated rings. The van der Waals surface area contributed by atoms with E-state index < -0.39 is 0 Å². The van der Waals surface area contributed by atoms with E-state index >= 15 is 0 Å². The number of allylic oxidation sites excluding steroid dienone is 1. The van der Waals surface area contributed by atoms with E-state index in [4.69, 9.17) is 9.47 Å². The molecule has 0 aliphatic carbocycles. The first kappa shape index (κ1) is 17.5. The Labute approximate surface area is 153 Å². The zero-order valence-electron chi connectivity index (χ0n) is 14.4. The average molecular weight is 344 g/mol. The van der Waals surface area contributed by atoms with Crippen molar-refractivity contribution in [1.29, 1.82) is 0 Å². The fraction of sp³-hybridized carbons (Fsp3) is 0.0870. The maximum Gasteiger partial charge on any atom is 0.185 e. The van der Waals surface area contributed by atoms with Gasteiger partial charge in [-0.05, 0) is 29.3 Å². The van der Waals surface area contributed by atoms with Gasteiger partial charge in [-0.25, -0.2) is 0 Å². The van der Waals surface area contributed by atoms with Crippen LogP contribution >= 0.6 is 0 Å². The maximum atomic E-state index is 12.0. The van der Waals surface area contributed by atoms with Crippen LogP contribution in [0.15, 0.2) is 91.5 Å². The fourth-order valence-corrected chi connectivity index (χ4v) is 2.48. The third-order valence-electron chi connectivity index (χ3n) is 3.85. The first-order chi connectivity index (χ1) is 12.7. The molecule has 3 aromatic carbocycles. The summed E-state index contributed by atoms with van der Waals surface area (Å²) < 4.78 is 11.7. The molecular formula is C23H20O3. The van der Waals surface area contributed by atoms with Crippen LogP contribution < -0.4 is 9.47 Å². The van der Waals surface area contributed by atoms with Crippen molar-refractivity contribution in [3.05, 3.63) is 108 Å². The predicted molar refractivity (Wildman–Crippen MR) is 103 cm³/mol. The molecule has 0 aromatic heterocycles. The van der Waals surface area contributed by atoms with Gasteiger partial charge in [0, 0.05) is 11.6 Å². The highest BCUT2D eigenvalue weighted by atomic mass is 16.5. The molecular weight excluding hydrogens is 324 g/mol. The van der Waals surface area contributed by atoms with Crippen LogP contribution in [-0.4, -0.2) is 5.78 Å². The van der Waals surface area contributed by atoms with Gasteiger partial charge in [-0.15, -0.1) is 0 Å². The number of hydrogen-bond donors (Lipinski definition) is 0. The molecule has 3 aromatic rings. The molecule has 0 aliphatic heterocycles. The van der Waals surface area contributed by atoms with Crippen molar-refractivity contribution < 1.29 is 14.3 Å². The van der Waals surface area contributed by atoms with Crippen molar-refractivity contribution in [2.45, 2.75) is 13.2 Å². The smallest absolute Gasteiger partial charge is 0.185 e. The van der Waals surface area contributed by atoms with Gasteiger partial charge in [0.15, 0.2) is 5.78 Å². The SMILES string of the molecule is C=CC(=O)c1cc(OCc2ccccc2)cc(OCc2ccccc2)c1. The standard InChI is InChI=1S/C23H20O3/c1-2-23(24)20-13-21(25-16-18-9-5-3-6-10-18)15-22(14-20)26-17-19-11-7-4-8-12-19/h2-15H,1,16-17H2. The Morgan fingerprint density at radius 1 is 0.769 bits per heavy atom. The molecule has 26 heavy (non-hydrogen) atoms. The van der Waals surface area contributed by atoms with Crippen molar-refractivity contribution >= 4 is 5.78 Å². The highest BCUT2D eigenvalue weighted by Gasteiger charge is 2.09. The normalized spacial score (nSPS) is 10.2. The van der Waals surface area contributed by atoms with Gasteiger partial charge in [0.25, 0.3) is 0 Å². The molecule has 0 saturated carbocycles. The third-order valence-corrected chi connectivity index (χ3v) is 3.85. The maximum absolute atomic E-state index is 12.0. The van der Waals surface area contributed by atoms with Crippen molar-refractivity contribution in [3.63, 3.8) is 0 Å². The lowest BCUT2D eigenvalue weighted by Crippen LogP contribution is -2.01. The summed E-state index contributed by atoms with van der Waals surface area (Å²) in [7, 11) is 0. The Bertz CT molecular complexity index is 809. The lowest BCUT2D eigenvalue weighted by molar-refractivity contribution is 0.104. The van der Waals surface area contributed by atoms with Gasteiger partial charge >= 0.3 is 0 Å². The minimum atomic E-state index is -0.167. The molecule has 0 unspecified atom stereocenters. The molecule has 0 heterocycles. The lowest BCUT2D eigenvalue weighted by atomic mass is 10.1. The van der Waals surface area contributed by atoms with Gasteiger partial charge < -0.3 is 9.47 Å². The largest absolute Gasteiger partial charge is 0.489 e. The summed E-state index contributed by atoms with van der Waals surface area (Å²) >= 11 is 0. The Balaban J connectivity index is 1.77. The molecule has 0 radical (unpaired) electrons. The number of benzene rings is 3. The summed E-state index contributed by atoms with van der Waals surface area (Å²) in [6, 6.07) is 25.0. The molecule has 130 valence electrons. The predicted octanol–water partition coefficient (Wildman–Crippen LogP) is 5.21. The van der Waals surface area contributed by atoms with Crippen LogP contribution in [0.5, 0.6) is 11.5 Å². The minimum absolute atomic E-state index is 0.167. The molecule has 0 spiro atoms. The average Bonchev–Trinajstić information content (AvgIpc) is 2.71. The zero-order chi connectivity index (χ0) is 18.2. The third kappa shape index (κ3) is 4.84. The Kier molecular flexibility index (Phi) is 5.84. The second kappa shape index (κ2) is 8.67. The van der Waals surface area contributed by atoms with Crippen LogP contribution in [0.2, 0.25) is 0 Å². The van der Waals surface area contributed by atoms with Crippen molar-refractivity contribution in [3.8, 4) is 11.5 Å². The first-order valence-electron chi connectivity index (χ1n) is 8.40. The van der Waals surface area contributed by atoms with Crippen LogP contribution in [0.1, 0.15) is 21.5 Å². The molecule has 3 heteroatoms. The topological polar surface area (TPSA) is 35.5 Å². The molecule has 0 amide bonds. The van der Waals surface area contributed by atoms with Gasteiger partial charge in [-0.3, -0.25) is 4.79 Å². The summed E-state index contributed by atoms with van der Waals surface area (Å²) in [6.07, 6.45) is 1.29. The Morgan fingerprint density at radius 3 is 1.65 bits per heavy atom.